The fraction of sp³-hybridized carbons (Fsp3) is 0.222. The summed E-state index contributed by atoms with van der Waals surface area (Å²) < 4.78 is 0. The summed E-state index contributed by atoms with van der Waals surface area (Å²) in [5.41, 5.74) is 7.76. The lowest BCUT2D eigenvalue weighted by Crippen LogP contribution is -2.04. The van der Waals surface area contributed by atoms with Crippen LogP contribution < -0.4 is 5.73 Å². The Morgan fingerprint density at radius 3 is 2.50 bits per heavy atom. The van der Waals surface area contributed by atoms with Crippen LogP contribution in [-0.4, -0.2) is 20.6 Å². The van der Waals surface area contributed by atoms with Gasteiger partial charge in [-0.2, -0.15) is 5.21 Å². The van der Waals surface area contributed by atoms with E-state index in [9.17, 15) is 0 Å². The topological polar surface area (TPSA) is 80.5 Å². The fourth-order valence-electron chi connectivity index (χ4n) is 1.22. The van der Waals surface area contributed by atoms with Crippen LogP contribution in [0.5, 0.6) is 0 Å². The molecule has 1 aromatic heterocycles. The molecule has 0 fully saturated rings. The van der Waals surface area contributed by atoms with E-state index in [4.69, 9.17) is 5.73 Å². The lowest BCUT2D eigenvalue weighted by Gasteiger charge is -2.04. The summed E-state index contributed by atoms with van der Waals surface area (Å²) in [6.07, 6.45) is 0. The van der Waals surface area contributed by atoms with Crippen molar-refractivity contribution in [3.8, 4) is 11.4 Å². The monoisotopic (exact) mass is 189 g/mol. The van der Waals surface area contributed by atoms with Gasteiger partial charge in [0.1, 0.15) is 0 Å². The van der Waals surface area contributed by atoms with E-state index in [1.54, 1.807) is 0 Å². The summed E-state index contributed by atoms with van der Waals surface area (Å²) in [5, 5.41) is 13.7. The first-order chi connectivity index (χ1) is 6.77. The summed E-state index contributed by atoms with van der Waals surface area (Å²) in [7, 11) is 0. The van der Waals surface area contributed by atoms with Crippen molar-refractivity contribution < 1.29 is 0 Å². The number of tetrazole rings is 1. The standard InChI is InChI=1S/C9H11N5/c1-6(10)7-2-4-8(5-3-7)9-11-13-14-12-9/h2-6H,10H2,1H3,(H,11,12,13,14). The third kappa shape index (κ3) is 1.62. The van der Waals surface area contributed by atoms with Gasteiger partial charge >= 0.3 is 0 Å². The van der Waals surface area contributed by atoms with Crippen LogP contribution in [0.4, 0.5) is 0 Å². The van der Waals surface area contributed by atoms with Crippen LogP contribution in [0.15, 0.2) is 24.3 Å². The number of benzene rings is 1. The Morgan fingerprint density at radius 1 is 1.29 bits per heavy atom. The second-order valence-electron chi connectivity index (χ2n) is 3.15. The lowest BCUT2D eigenvalue weighted by molar-refractivity contribution is 0.818. The predicted molar refractivity (Wildman–Crippen MR) is 52.2 cm³/mol. The number of hydrogen-bond acceptors (Lipinski definition) is 4. The maximum absolute atomic E-state index is 5.73. The molecule has 1 aromatic carbocycles. The van der Waals surface area contributed by atoms with Crippen molar-refractivity contribution in [2.24, 2.45) is 5.73 Å². The third-order valence-electron chi connectivity index (χ3n) is 2.04. The fourth-order valence-corrected chi connectivity index (χ4v) is 1.22. The van der Waals surface area contributed by atoms with E-state index >= 15 is 0 Å². The molecule has 2 rings (SSSR count). The first-order valence-electron chi connectivity index (χ1n) is 4.37. The molecule has 1 atom stereocenters. The quantitative estimate of drug-likeness (QED) is 0.735. The Hall–Kier alpha value is -1.75. The molecule has 0 bridgehead atoms. The van der Waals surface area contributed by atoms with Gasteiger partial charge in [-0.3, -0.25) is 0 Å². The number of aromatic amines is 1. The average Bonchev–Trinajstić information content (AvgIpc) is 2.71. The second-order valence-corrected chi connectivity index (χ2v) is 3.15. The van der Waals surface area contributed by atoms with E-state index < -0.39 is 0 Å². The minimum atomic E-state index is 0.0503. The Labute approximate surface area is 81.3 Å². The van der Waals surface area contributed by atoms with Gasteiger partial charge in [0.05, 0.1) is 0 Å². The van der Waals surface area contributed by atoms with Crippen molar-refractivity contribution >= 4 is 0 Å². The Morgan fingerprint density at radius 2 is 2.00 bits per heavy atom. The van der Waals surface area contributed by atoms with Crippen LogP contribution >= 0.6 is 0 Å². The van der Waals surface area contributed by atoms with Gasteiger partial charge in [-0.1, -0.05) is 24.3 Å². The van der Waals surface area contributed by atoms with Gasteiger partial charge in [0.2, 0.25) is 5.82 Å². The van der Waals surface area contributed by atoms with E-state index in [1.165, 1.54) is 0 Å². The zero-order valence-corrected chi connectivity index (χ0v) is 7.81. The number of hydrogen-bond donors (Lipinski definition) is 2. The summed E-state index contributed by atoms with van der Waals surface area (Å²) in [6, 6.07) is 7.86. The smallest absolute Gasteiger partial charge is 0.204 e. The van der Waals surface area contributed by atoms with E-state index in [2.05, 4.69) is 20.6 Å². The van der Waals surface area contributed by atoms with Gasteiger partial charge < -0.3 is 5.73 Å². The van der Waals surface area contributed by atoms with Crippen molar-refractivity contribution in [2.45, 2.75) is 13.0 Å². The Bertz CT molecular complexity index is 390. The molecule has 0 aliphatic heterocycles. The molecule has 72 valence electrons. The maximum Gasteiger partial charge on any atom is 0.204 e. The van der Waals surface area contributed by atoms with Crippen molar-refractivity contribution in [2.75, 3.05) is 0 Å². The molecular weight excluding hydrogens is 178 g/mol. The molecule has 0 radical (unpaired) electrons. The van der Waals surface area contributed by atoms with Gasteiger partial charge in [0.25, 0.3) is 0 Å². The van der Waals surface area contributed by atoms with Crippen LogP contribution in [-0.2, 0) is 0 Å². The zero-order valence-electron chi connectivity index (χ0n) is 7.81. The largest absolute Gasteiger partial charge is 0.324 e. The Balaban J connectivity index is 2.31. The van der Waals surface area contributed by atoms with Crippen LogP contribution in [0, 0.1) is 0 Å². The van der Waals surface area contributed by atoms with Crippen LogP contribution in [0.2, 0.25) is 0 Å². The van der Waals surface area contributed by atoms with Crippen molar-refractivity contribution in [3.05, 3.63) is 29.8 Å². The van der Waals surface area contributed by atoms with Crippen molar-refractivity contribution in [3.63, 3.8) is 0 Å². The molecule has 0 saturated carbocycles. The molecule has 1 unspecified atom stereocenters. The van der Waals surface area contributed by atoms with E-state index in [1.807, 2.05) is 31.2 Å². The number of aromatic nitrogens is 4. The molecule has 1 heterocycles. The van der Waals surface area contributed by atoms with E-state index in [0.717, 1.165) is 11.1 Å². The third-order valence-corrected chi connectivity index (χ3v) is 2.04. The van der Waals surface area contributed by atoms with Gasteiger partial charge in [0, 0.05) is 11.6 Å². The Kier molecular flexibility index (Phi) is 2.24. The first kappa shape index (κ1) is 8.83. The van der Waals surface area contributed by atoms with Gasteiger partial charge in [-0.25, -0.2) is 0 Å². The summed E-state index contributed by atoms with van der Waals surface area (Å²) >= 11 is 0. The highest BCUT2D eigenvalue weighted by Gasteiger charge is 2.03. The normalized spacial score (nSPS) is 12.7. The molecule has 0 saturated heterocycles. The highest BCUT2D eigenvalue weighted by atomic mass is 15.5. The molecular formula is C9H11N5. The van der Waals surface area contributed by atoms with Crippen LogP contribution in [0.1, 0.15) is 18.5 Å². The molecule has 0 aliphatic rings. The molecule has 2 aromatic rings. The summed E-state index contributed by atoms with van der Waals surface area (Å²) in [4.78, 5) is 0. The number of H-pyrrole nitrogens is 1. The first-order valence-corrected chi connectivity index (χ1v) is 4.37. The molecule has 5 heteroatoms. The molecule has 0 aliphatic carbocycles. The molecule has 0 amide bonds. The molecule has 3 N–H and O–H groups in total. The number of nitrogens with zero attached hydrogens (tertiary/aromatic N) is 3. The number of nitrogens with two attached hydrogens (primary N) is 1. The average molecular weight is 189 g/mol. The second kappa shape index (κ2) is 3.55. The van der Waals surface area contributed by atoms with E-state index in [0.29, 0.717) is 5.82 Å². The van der Waals surface area contributed by atoms with Gasteiger partial charge in [0.15, 0.2) is 0 Å². The minimum Gasteiger partial charge on any atom is -0.324 e. The van der Waals surface area contributed by atoms with Crippen molar-refractivity contribution in [1.82, 2.24) is 20.6 Å². The van der Waals surface area contributed by atoms with E-state index in [-0.39, 0.29) is 6.04 Å². The molecule has 0 spiro atoms. The number of nitrogens with one attached hydrogen (secondary N) is 1. The lowest BCUT2D eigenvalue weighted by atomic mass is 10.1. The highest BCUT2D eigenvalue weighted by Crippen LogP contribution is 2.16. The molecule has 5 nitrogen and oxygen atoms in total. The SMILES string of the molecule is CC(N)c1ccc(-c2nn[nH]n2)cc1. The molecule has 14 heavy (non-hydrogen) atoms. The van der Waals surface area contributed by atoms with Crippen molar-refractivity contribution in [1.29, 1.82) is 0 Å². The summed E-state index contributed by atoms with van der Waals surface area (Å²) in [5.74, 6) is 0.598. The van der Waals surface area contributed by atoms with Crippen LogP contribution in [0.3, 0.4) is 0 Å². The van der Waals surface area contributed by atoms with Gasteiger partial charge in [-0.15, -0.1) is 10.2 Å². The minimum absolute atomic E-state index is 0.0503. The predicted octanol–water partition coefficient (Wildman–Crippen LogP) is 0.886. The van der Waals surface area contributed by atoms with Crippen LogP contribution in [0.25, 0.3) is 11.4 Å². The summed E-state index contributed by atoms with van der Waals surface area (Å²) in [6.45, 7) is 1.95. The highest BCUT2D eigenvalue weighted by molar-refractivity contribution is 5.54. The maximum atomic E-state index is 5.73. The number of rotatable bonds is 2. The van der Waals surface area contributed by atoms with Gasteiger partial charge in [-0.05, 0) is 17.7 Å². The zero-order chi connectivity index (χ0) is 9.97.